The molecule has 0 aliphatic carbocycles. The maximum Gasteiger partial charge on any atom is 0.311 e. The molecule has 6 heteroatoms. The first-order valence-electron chi connectivity index (χ1n) is 6.82. The van der Waals surface area contributed by atoms with E-state index in [-0.39, 0.29) is 24.1 Å². The molecule has 0 aromatic heterocycles. The Morgan fingerprint density at radius 2 is 2.30 bits per heavy atom. The molecule has 2 rings (SSSR count). The number of nitro groups is 1. The van der Waals surface area contributed by atoms with Crippen molar-refractivity contribution in [1.82, 2.24) is 4.90 Å². The minimum absolute atomic E-state index is 0.0115. The Kier molecular flexibility index (Phi) is 4.92. The van der Waals surface area contributed by atoms with Crippen molar-refractivity contribution in [1.29, 1.82) is 0 Å². The number of rotatable bonds is 5. The van der Waals surface area contributed by atoms with Gasteiger partial charge in [0.1, 0.15) is 0 Å². The van der Waals surface area contributed by atoms with Crippen LogP contribution in [0.5, 0.6) is 5.75 Å². The van der Waals surface area contributed by atoms with Crippen molar-refractivity contribution in [3.8, 4) is 5.75 Å². The fourth-order valence-electron chi connectivity index (χ4n) is 2.69. The number of hydrogen-bond donors (Lipinski definition) is 1. The highest BCUT2D eigenvalue weighted by Gasteiger charge is 2.23. The molecule has 0 spiro atoms. The number of likely N-dealkylation sites (tertiary alicyclic amines) is 1. The van der Waals surface area contributed by atoms with Gasteiger partial charge in [-0.25, -0.2) is 0 Å². The third kappa shape index (κ3) is 3.26. The van der Waals surface area contributed by atoms with Crippen LogP contribution in [0.15, 0.2) is 18.2 Å². The summed E-state index contributed by atoms with van der Waals surface area (Å²) >= 11 is 0. The van der Waals surface area contributed by atoms with E-state index in [1.54, 1.807) is 12.1 Å². The lowest BCUT2D eigenvalue weighted by molar-refractivity contribution is -0.385. The molecule has 1 aromatic carbocycles. The highest BCUT2D eigenvalue weighted by molar-refractivity contribution is 5.48. The number of ether oxygens (including phenoxy) is 1. The van der Waals surface area contributed by atoms with E-state index in [2.05, 4.69) is 4.90 Å². The summed E-state index contributed by atoms with van der Waals surface area (Å²) < 4.78 is 5.00. The molecule has 0 bridgehead atoms. The molecule has 1 heterocycles. The number of nitro benzene ring substituents is 1. The maximum absolute atomic E-state index is 11.0. The molecule has 110 valence electrons. The predicted octanol–water partition coefficient (Wildman–Crippen LogP) is 1.95. The van der Waals surface area contributed by atoms with Crippen molar-refractivity contribution in [2.45, 2.75) is 31.8 Å². The molecule has 0 amide bonds. The van der Waals surface area contributed by atoms with Gasteiger partial charge in [0.05, 0.1) is 18.6 Å². The average molecular weight is 280 g/mol. The van der Waals surface area contributed by atoms with E-state index in [1.807, 2.05) is 6.07 Å². The molecular weight excluding hydrogens is 260 g/mol. The smallest absolute Gasteiger partial charge is 0.311 e. The molecule has 1 aliphatic rings. The second-order valence-corrected chi connectivity index (χ2v) is 5.07. The number of piperidine rings is 1. The number of nitrogens with zero attached hydrogens (tertiary/aromatic N) is 2. The summed E-state index contributed by atoms with van der Waals surface area (Å²) in [6.45, 7) is 1.68. The van der Waals surface area contributed by atoms with E-state index in [0.29, 0.717) is 6.54 Å². The first-order valence-corrected chi connectivity index (χ1v) is 6.82. The Hall–Kier alpha value is -1.66. The van der Waals surface area contributed by atoms with Crippen molar-refractivity contribution < 1.29 is 14.8 Å². The molecule has 0 radical (unpaired) electrons. The highest BCUT2D eigenvalue weighted by Crippen LogP contribution is 2.29. The molecule has 1 aromatic rings. The SMILES string of the molecule is COc1ccc(CN2CCCCC2CO)cc1[N+](=O)[O-]. The molecule has 20 heavy (non-hydrogen) atoms. The van der Waals surface area contributed by atoms with E-state index in [4.69, 9.17) is 4.74 Å². The quantitative estimate of drug-likeness (QED) is 0.659. The van der Waals surface area contributed by atoms with Gasteiger partial charge in [-0.1, -0.05) is 12.5 Å². The van der Waals surface area contributed by atoms with Gasteiger partial charge in [-0.2, -0.15) is 0 Å². The fourth-order valence-corrected chi connectivity index (χ4v) is 2.69. The van der Waals surface area contributed by atoms with Crippen LogP contribution in [-0.2, 0) is 6.54 Å². The van der Waals surface area contributed by atoms with Crippen molar-refractivity contribution in [2.24, 2.45) is 0 Å². The summed E-state index contributed by atoms with van der Waals surface area (Å²) in [5, 5.41) is 20.4. The molecular formula is C14H20N2O4. The lowest BCUT2D eigenvalue weighted by atomic mass is 10.0. The third-order valence-electron chi connectivity index (χ3n) is 3.79. The number of benzene rings is 1. The van der Waals surface area contributed by atoms with Crippen LogP contribution in [0.1, 0.15) is 24.8 Å². The Bertz CT molecular complexity index is 478. The predicted molar refractivity (Wildman–Crippen MR) is 74.8 cm³/mol. The van der Waals surface area contributed by atoms with Gasteiger partial charge < -0.3 is 9.84 Å². The van der Waals surface area contributed by atoms with Crippen LogP contribution in [0.2, 0.25) is 0 Å². The van der Waals surface area contributed by atoms with Crippen LogP contribution in [0.3, 0.4) is 0 Å². The lowest BCUT2D eigenvalue weighted by Crippen LogP contribution is -2.41. The number of aliphatic hydroxyl groups excluding tert-OH is 1. The van der Waals surface area contributed by atoms with Crippen LogP contribution >= 0.6 is 0 Å². The van der Waals surface area contributed by atoms with Crippen LogP contribution in [0.25, 0.3) is 0 Å². The Morgan fingerprint density at radius 3 is 2.95 bits per heavy atom. The minimum Gasteiger partial charge on any atom is -0.490 e. The summed E-state index contributed by atoms with van der Waals surface area (Å²) in [5.74, 6) is 0.274. The van der Waals surface area contributed by atoms with Crippen molar-refractivity contribution in [3.63, 3.8) is 0 Å². The second kappa shape index (κ2) is 6.67. The molecule has 1 aliphatic heterocycles. The standard InChI is InChI=1S/C14H20N2O4/c1-20-14-6-5-11(8-13(14)16(18)19)9-15-7-3-2-4-12(15)10-17/h5-6,8,12,17H,2-4,7,9-10H2,1H3. The summed E-state index contributed by atoms with van der Waals surface area (Å²) in [4.78, 5) is 12.8. The van der Waals surface area contributed by atoms with E-state index in [1.165, 1.54) is 7.11 Å². The average Bonchev–Trinajstić information content (AvgIpc) is 2.47. The summed E-state index contributed by atoms with van der Waals surface area (Å²) in [5.41, 5.74) is 0.861. The van der Waals surface area contributed by atoms with E-state index < -0.39 is 4.92 Å². The van der Waals surface area contributed by atoms with Crippen molar-refractivity contribution >= 4 is 5.69 Å². The zero-order valence-corrected chi connectivity index (χ0v) is 11.6. The van der Waals surface area contributed by atoms with Gasteiger partial charge in [-0.05, 0) is 31.0 Å². The van der Waals surface area contributed by atoms with Gasteiger partial charge in [0, 0.05) is 18.7 Å². The molecule has 1 N–H and O–H groups in total. The zero-order chi connectivity index (χ0) is 14.5. The molecule has 1 atom stereocenters. The van der Waals surface area contributed by atoms with Crippen LogP contribution < -0.4 is 4.74 Å². The zero-order valence-electron chi connectivity index (χ0n) is 11.6. The fraction of sp³-hybridized carbons (Fsp3) is 0.571. The van der Waals surface area contributed by atoms with E-state index >= 15 is 0 Å². The monoisotopic (exact) mass is 280 g/mol. The van der Waals surface area contributed by atoms with Gasteiger partial charge >= 0.3 is 5.69 Å². The van der Waals surface area contributed by atoms with Gasteiger partial charge in [0.25, 0.3) is 0 Å². The molecule has 6 nitrogen and oxygen atoms in total. The summed E-state index contributed by atoms with van der Waals surface area (Å²) in [6, 6.07) is 5.19. The molecule has 0 saturated carbocycles. The Morgan fingerprint density at radius 1 is 1.50 bits per heavy atom. The third-order valence-corrected chi connectivity index (χ3v) is 3.79. The number of hydrogen-bond acceptors (Lipinski definition) is 5. The molecule has 1 saturated heterocycles. The maximum atomic E-state index is 11.0. The first kappa shape index (κ1) is 14.7. The van der Waals surface area contributed by atoms with Gasteiger partial charge in [-0.15, -0.1) is 0 Å². The summed E-state index contributed by atoms with van der Waals surface area (Å²) in [7, 11) is 1.43. The highest BCUT2D eigenvalue weighted by atomic mass is 16.6. The van der Waals surface area contributed by atoms with Crippen molar-refractivity contribution in [2.75, 3.05) is 20.3 Å². The largest absolute Gasteiger partial charge is 0.490 e. The lowest BCUT2D eigenvalue weighted by Gasteiger charge is -2.34. The van der Waals surface area contributed by atoms with E-state index in [0.717, 1.165) is 31.4 Å². The second-order valence-electron chi connectivity index (χ2n) is 5.07. The normalized spacial score (nSPS) is 19.8. The molecule has 1 unspecified atom stereocenters. The van der Waals surface area contributed by atoms with Crippen LogP contribution in [0, 0.1) is 10.1 Å². The number of methoxy groups -OCH3 is 1. The van der Waals surface area contributed by atoms with Crippen molar-refractivity contribution in [3.05, 3.63) is 33.9 Å². The van der Waals surface area contributed by atoms with E-state index in [9.17, 15) is 15.2 Å². The Balaban J connectivity index is 2.16. The first-order chi connectivity index (χ1) is 9.65. The van der Waals surface area contributed by atoms with Gasteiger partial charge in [0.2, 0.25) is 0 Å². The summed E-state index contributed by atoms with van der Waals surface area (Å²) in [6.07, 6.45) is 3.22. The Labute approximate surface area is 118 Å². The van der Waals surface area contributed by atoms with Crippen LogP contribution in [0.4, 0.5) is 5.69 Å². The minimum atomic E-state index is -0.429. The van der Waals surface area contributed by atoms with Gasteiger partial charge in [-0.3, -0.25) is 15.0 Å². The number of aliphatic hydroxyl groups is 1. The molecule has 1 fully saturated rings. The van der Waals surface area contributed by atoms with Gasteiger partial charge in [0.15, 0.2) is 5.75 Å². The van der Waals surface area contributed by atoms with Crippen LogP contribution in [-0.4, -0.2) is 41.2 Å². The topological polar surface area (TPSA) is 75.8 Å².